The second kappa shape index (κ2) is 5.04. The Morgan fingerprint density at radius 1 is 1.35 bits per heavy atom. The summed E-state index contributed by atoms with van der Waals surface area (Å²) in [5.74, 6) is 6.58. The van der Waals surface area contributed by atoms with Gasteiger partial charge in [0.2, 0.25) is 5.95 Å². The van der Waals surface area contributed by atoms with E-state index in [1.54, 1.807) is 4.68 Å². The molecule has 20 heavy (non-hydrogen) atoms. The Morgan fingerprint density at radius 2 is 2.15 bits per heavy atom. The Labute approximate surface area is 116 Å². The molecule has 1 fully saturated rings. The number of nitrogen functional groups attached to an aromatic ring is 1. The fourth-order valence-electron chi connectivity index (χ4n) is 1.82. The fourth-order valence-corrected chi connectivity index (χ4v) is 1.82. The maximum absolute atomic E-state index is 5.49. The Kier molecular flexibility index (Phi) is 3.23. The minimum Gasteiger partial charge on any atom is -0.461 e. The van der Waals surface area contributed by atoms with Crippen molar-refractivity contribution >= 4 is 5.95 Å². The highest BCUT2D eigenvalue weighted by molar-refractivity contribution is 5.29. The van der Waals surface area contributed by atoms with Crippen LogP contribution in [0.4, 0.5) is 5.95 Å². The second-order valence-electron chi connectivity index (χ2n) is 5.01. The molecule has 1 aliphatic carbocycles. The molecule has 0 aromatic carbocycles. The van der Waals surface area contributed by atoms with E-state index in [0.29, 0.717) is 11.9 Å². The predicted molar refractivity (Wildman–Crippen MR) is 72.5 cm³/mol. The maximum atomic E-state index is 5.49. The summed E-state index contributed by atoms with van der Waals surface area (Å²) in [7, 11) is 0. The highest BCUT2D eigenvalue weighted by Crippen LogP contribution is 2.38. The van der Waals surface area contributed by atoms with Crippen molar-refractivity contribution in [2.75, 3.05) is 5.43 Å². The van der Waals surface area contributed by atoms with Crippen molar-refractivity contribution in [2.24, 2.45) is 5.84 Å². The molecule has 2 aromatic rings. The van der Waals surface area contributed by atoms with Crippen LogP contribution in [-0.4, -0.2) is 30.8 Å². The largest absolute Gasteiger partial charge is 0.461 e. The molecule has 2 aromatic heterocycles. The Hall–Kier alpha value is -2.22. The molecule has 0 aliphatic heterocycles. The van der Waals surface area contributed by atoms with E-state index < -0.39 is 0 Å². The number of anilines is 1. The van der Waals surface area contributed by atoms with E-state index in [0.717, 1.165) is 5.69 Å². The lowest BCUT2D eigenvalue weighted by Crippen LogP contribution is -2.16. The summed E-state index contributed by atoms with van der Waals surface area (Å²) in [6, 6.07) is 2.21. The number of hydrazine groups is 1. The van der Waals surface area contributed by atoms with Gasteiger partial charge in [-0.1, -0.05) is 0 Å². The van der Waals surface area contributed by atoms with Gasteiger partial charge in [0.05, 0.1) is 11.8 Å². The van der Waals surface area contributed by atoms with Gasteiger partial charge in [-0.3, -0.25) is 5.43 Å². The monoisotopic (exact) mass is 275 g/mol. The average molecular weight is 275 g/mol. The molecule has 0 amide bonds. The average Bonchev–Trinajstić information content (AvgIpc) is 3.15. The van der Waals surface area contributed by atoms with Crippen LogP contribution in [0.3, 0.4) is 0 Å². The van der Waals surface area contributed by atoms with Crippen molar-refractivity contribution < 1.29 is 4.74 Å². The number of hydrogen-bond acceptors (Lipinski definition) is 7. The summed E-state index contributed by atoms with van der Waals surface area (Å²) in [4.78, 5) is 12.5. The first-order valence-corrected chi connectivity index (χ1v) is 6.61. The molecule has 1 saturated carbocycles. The van der Waals surface area contributed by atoms with Crippen LogP contribution >= 0.6 is 0 Å². The summed E-state index contributed by atoms with van der Waals surface area (Å²) < 4.78 is 7.10. The van der Waals surface area contributed by atoms with Crippen LogP contribution in [0.2, 0.25) is 0 Å². The van der Waals surface area contributed by atoms with Crippen LogP contribution in [0.15, 0.2) is 12.3 Å². The van der Waals surface area contributed by atoms with Crippen LogP contribution in [0.25, 0.3) is 5.95 Å². The number of ether oxygens (including phenoxy) is 1. The number of hydrogen-bond donors (Lipinski definition) is 2. The highest BCUT2D eigenvalue weighted by atomic mass is 16.5. The van der Waals surface area contributed by atoms with Crippen molar-refractivity contribution in [1.29, 1.82) is 0 Å². The molecule has 0 radical (unpaired) electrons. The zero-order chi connectivity index (χ0) is 14.1. The van der Waals surface area contributed by atoms with Crippen molar-refractivity contribution in [3.8, 4) is 12.0 Å². The number of nitrogens with zero attached hydrogens (tertiary/aromatic N) is 5. The molecule has 0 spiro atoms. The lowest BCUT2D eigenvalue weighted by Gasteiger charge is -2.09. The number of nitrogens with two attached hydrogens (primary N) is 1. The van der Waals surface area contributed by atoms with E-state index in [4.69, 9.17) is 10.6 Å². The van der Waals surface area contributed by atoms with Crippen LogP contribution in [0.5, 0.6) is 6.01 Å². The molecule has 0 saturated heterocycles. The number of nitrogens with one attached hydrogen (secondary N) is 1. The topological polar surface area (TPSA) is 104 Å². The SMILES string of the molecule is CC(C)Oc1nc(NN)nc(-n2ccc(C3CC3)n2)n1. The van der Waals surface area contributed by atoms with Gasteiger partial charge in [0.25, 0.3) is 5.95 Å². The van der Waals surface area contributed by atoms with E-state index in [1.807, 2.05) is 26.1 Å². The van der Waals surface area contributed by atoms with Crippen LogP contribution in [0.1, 0.15) is 38.3 Å². The smallest absolute Gasteiger partial charge is 0.323 e. The first-order valence-electron chi connectivity index (χ1n) is 6.61. The van der Waals surface area contributed by atoms with Gasteiger partial charge in [0, 0.05) is 12.1 Å². The van der Waals surface area contributed by atoms with E-state index >= 15 is 0 Å². The van der Waals surface area contributed by atoms with Crippen LogP contribution in [0, 0.1) is 0 Å². The van der Waals surface area contributed by atoms with Crippen LogP contribution in [-0.2, 0) is 0 Å². The van der Waals surface area contributed by atoms with Gasteiger partial charge in [0.1, 0.15) is 0 Å². The van der Waals surface area contributed by atoms with Gasteiger partial charge >= 0.3 is 6.01 Å². The lowest BCUT2D eigenvalue weighted by molar-refractivity contribution is 0.221. The molecule has 0 bridgehead atoms. The first-order chi connectivity index (χ1) is 9.65. The zero-order valence-corrected chi connectivity index (χ0v) is 11.4. The summed E-state index contributed by atoms with van der Waals surface area (Å²) in [6.45, 7) is 3.80. The third-order valence-electron chi connectivity index (χ3n) is 2.88. The molecule has 1 aliphatic rings. The highest BCUT2D eigenvalue weighted by Gasteiger charge is 2.26. The van der Waals surface area contributed by atoms with Gasteiger partial charge in [-0.05, 0) is 32.8 Å². The standard InChI is InChI=1S/C12H17N7O/c1-7(2)20-12-15-10(17-13)14-11(16-12)19-6-5-9(18-19)8-3-4-8/h5-8H,3-4,13H2,1-2H3,(H,14,15,16,17). The van der Waals surface area contributed by atoms with Crippen LogP contribution < -0.4 is 16.0 Å². The quantitative estimate of drug-likeness (QED) is 0.619. The van der Waals surface area contributed by atoms with E-state index in [-0.39, 0.29) is 18.1 Å². The van der Waals surface area contributed by atoms with Gasteiger partial charge in [0.15, 0.2) is 0 Å². The van der Waals surface area contributed by atoms with Gasteiger partial charge in [-0.2, -0.15) is 20.1 Å². The van der Waals surface area contributed by atoms with E-state index in [2.05, 4.69) is 25.5 Å². The zero-order valence-electron chi connectivity index (χ0n) is 11.4. The van der Waals surface area contributed by atoms with Crippen molar-refractivity contribution in [2.45, 2.75) is 38.7 Å². The predicted octanol–water partition coefficient (Wildman–Crippen LogP) is 1.01. The normalized spacial score (nSPS) is 14.6. The van der Waals surface area contributed by atoms with Crippen molar-refractivity contribution in [3.63, 3.8) is 0 Å². The van der Waals surface area contributed by atoms with E-state index in [1.165, 1.54) is 12.8 Å². The lowest BCUT2D eigenvalue weighted by atomic mass is 10.3. The molecule has 3 N–H and O–H groups in total. The molecule has 8 heteroatoms. The summed E-state index contributed by atoms with van der Waals surface area (Å²) in [5, 5.41) is 4.48. The number of aromatic nitrogens is 5. The molecule has 106 valence electrons. The Morgan fingerprint density at radius 3 is 2.80 bits per heavy atom. The third kappa shape index (κ3) is 2.69. The van der Waals surface area contributed by atoms with Gasteiger partial charge < -0.3 is 4.74 Å². The van der Waals surface area contributed by atoms with Gasteiger partial charge in [-0.25, -0.2) is 10.5 Å². The summed E-state index contributed by atoms with van der Waals surface area (Å²) >= 11 is 0. The molecule has 8 nitrogen and oxygen atoms in total. The fraction of sp³-hybridized carbons (Fsp3) is 0.500. The second-order valence-corrected chi connectivity index (χ2v) is 5.01. The number of rotatable bonds is 5. The van der Waals surface area contributed by atoms with Crippen molar-refractivity contribution in [1.82, 2.24) is 24.7 Å². The summed E-state index contributed by atoms with van der Waals surface area (Å²) in [6.07, 6.45) is 4.20. The molecule has 0 unspecified atom stereocenters. The minimum absolute atomic E-state index is 0.0319. The summed E-state index contributed by atoms with van der Waals surface area (Å²) in [5.41, 5.74) is 3.48. The molecule has 3 rings (SSSR count). The van der Waals surface area contributed by atoms with E-state index in [9.17, 15) is 0 Å². The Bertz CT molecular complexity index is 606. The molecule has 2 heterocycles. The van der Waals surface area contributed by atoms with Gasteiger partial charge in [-0.15, -0.1) is 0 Å². The van der Waals surface area contributed by atoms with Crippen molar-refractivity contribution in [3.05, 3.63) is 18.0 Å². The Balaban J connectivity index is 1.93. The third-order valence-corrected chi connectivity index (χ3v) is 2.88. The first kappa shape index (κ1) is 12.8. The maximum Gasteiger partial charge on any atom is 0.323 e. The molecule has 0 atom stereocenters. The molecular weight excluding hydrogens is 258 g/mol. The minimum atomic E-state index is -0.0319. The molecular formula is C12H17N7O.